The van der Waals surface area contributed by atoms with E-state index >= 15 is 0 Å². The molecule has 1 fully saturated rings. The van der Waals surface area contributed by atoms with Crippen molar-refractivity contribution in [3.05, 3.63) is 0 Å². The van der Waals surface area contributed by atoms with Crippen molar-refractivity contribution in [3.8, 4) is 0 Å². The second kappa shape index (κ2) is 10.5. The quantitative estimate of drug-likeness (QED) is 0.587. The van der Waals surface area contributed by atoms with Gasteiger partial charge in [-0.2, -0.15) is 8.42 Å². The van der Waals surface area contributed by atoms with Crippen molar-refractivity contribution in [1.82, 2.24) is 0 Å². The van der Waals surface area contributed by atoms with E-state index in [-0.39, 0.29) is 6.10 Å². The van der Waals surface area contributed by atoms with E-state index in [4.69, 9.17) is 22.4 Å². The van der Waals surface area contributed by atoms with Gasteiger partial charge in [0.05, 0.1) is 6.61 Å². The van der Waals surface area contributed by atoms with Crippen LogP contribution in [0.2, 0.25) is 0 Å². The Morgan fingerprint density at radius 1 is 1.26 bits per heavy atom. The van der Waals surface area contributed by atoms with Crippen molar-refractivity contribution in [2.75, 3.05) is 6.61 Å². The highest BCUT2D eigenvalue weighted by Crippen LogP contribution is 2.23. The number of hydrogen-bond donors (Lipinski definition) is 2. The van der Waals surface area contributed by atoms with Crippen LogP contribution in [0.5, 0.6) is 0 Å². The minimum Gasteiger partial charge on any atom is -0.264 e. The summed E-state index contributed by atoms with van der Waals surface area (Å²) in [5, 5.41) is 8.75. The summed E-state index contributed by atoms with van der Waals surface area (Å²) in [6, 6.07) is 0. The molecule has 0 aromatic rings. The third kappa shape index (κ3) is 12.5. The Hall–Kier alpha value is -0.290. The maximum absolute atomic E-state index is 8.74. The van der Waals surface area contributed by atoms with Crippen LogP contribution in [-0.2, 0) is 30.3 Å². The lowest BCUT2D eigenvalue weighted by Crippen LogP contribution is -2.23. The predicted octanol–water partition coefficient (Wildman–Crippen LogP) is 2.13. The molecule has 0 saturated carbocycles. The Labute approximate surface area is 113 Å². The van der Waals surface area contributed by atoms with E-state index in [1.54, 1.807) is 0 Å². The Morgan fingerprint density at radius 2 is 1.89 bits per heavy atom. The number of unbranched alkanes of at least 4 members (excludes halogenated alkanes) is 1. The third-order valence-corrected chi connectivity index (χ3v) is 2.70. The topological polar surface area (TPSA) is 112 Å². The van der Waals surface area contributed by atoms with Gasteiger partial charge in [-0.3, -0.25) is 9.11 Å². The summed E-state index contributed by atoms with van der Waals surface area (Å²) in [5.41, 5.74) is 0. The predicted molar refractivity (Wildman–Crippen MR) is 65.1 cm³/mol. The molecule has 1 aliphatic rings. The highest BCUT2D eigenvalue weighted by Gasteiger charge is 2.24. The molecule has 0 bridgehead atoms. The van der Waals surface area contributed by atoms with E-state index in [2.05, 4.69) is 28.8 Å². The maximum atomic E-state index is 8.74. The first-order valence-electron chi connectivity index (χ1n) is 6.20. The van der Waals surface area contributed by atoms with E-state index in [1.165, 1.54) is 19.3 Å². The van der Waals surface area contributed by atoms with Crippen molar-refractivity contribution in [2.45, 2.75) is 52.1 Å². The van der Waals surface area contributed by atoms with Gasteiger partial charge in [0, 0.05) is 6.42 Å². The molecule has 1 aliphatic heterocycles. The van der Waals surface area contributed by atoms with Crippen LogP contribution in [0, 0.1) is 5.92 Å². The Morgan fingerprint density at radius 3 is 2.42 bits per heavy atom. The monoisotopic (exact) mass is 302 g/mol. The van der Waals surface area contributed by atoms with Crippen molar-refractivity contribution >= 4 is 10.4 Å². The fourth-order valence-electron chi connectivity index (χ4n) is 1.77. The Bertz CT molecular complexity index is 289. The first kappa shape index (κ1) is 18.7. The molecule has 2 N–H and O–H groups in total. The van der Waals surface area contributed by atoms with E-state index in [0.29, 0.717) is 12.5 Å². The molecule has 0 aliphatic carbocycles. The highest BCUT2D eigenvalue weighted by atomic mass is 32.3. The maximum Gasteiger partial charge on any atom is 0.394 e. The summed E-state index contributed by atoms with van der Waals surface area (Å²) >= 11 is 0. The smallest absolute Gasteiger partial charge is 0.264 e. The van der Waals surface area contributed by atoms with E-state index < -0.39 is 10.4 Å². The van der Waals surface area contributed by atoms with Gasteiger partial charge in [-0.1, -0.05) is 33.1 Å². The van der Waals surface area contributed by atoms with Crippen molar-refractivity contribution < 1.29 is 37.4 Å². The van der Waals surface area contributed by atoms with Crippen LogP contribution in [-0.4, -0.2) is 30.2 Å². The summed E-state index contributed by atoms with van der Waals surface area (Å²) < 4.78 is 31.6. The molecule has 0 amide bonds. The summed E-state index contributed by atoms with van der Waals surface area (Å²) in [5.74, 6) is 0.542. The highest BCUT2D eigenvalue weighted by molar-refractivity contribution is 7.79. The molecule has 19 heavy (non-hydrogen) atoms. The zero-order chi connectivity index (χ0) is 14.7. The molecule has 0 aromatic heterocycles. The van der Waals surface area contributed by atoms with Gasteiger partial charge in [-0.25, -0.2) is 9.78 Å². The molecule has 0 aromatic carbocycles. The van der Waals surface area contributed by atoms with Crippen LogP contribution in [0.25, 0.3) is 0 Å². The molecule has 1 heterocycles. The Balaban J connectivity index is 0.000000555. The summed E-state index contributed by atoms with van der Waals surface area (Å²) in [7, 11) is -4.67. The van der Waals surface area contributed by atoms with Crippen LogP contribution in [0.3, 0.4) is 0 Å². The molecular weight excluding hydrogens is 280 g/mol. The lowest BCUT2D eigenvalue weighted by atomic mass is 9.92. The molecule has 0 radical (unpaired) electrons. The molecule has 2 atom stereocenters. The second-order valence-electron chi connectivity index (χ2n) is 4.14. The number of hydrogen-bond acceptors (Lipinski definition) is 6. The van der Waals surface area contributed by atoms with Gasteiger partial charge in [0.15, 0.2) is 0 Å². The summed E-state index contributed by atoms with van der Waals surface area (Å²) in [6.45, 7) is 4.91. The first-order valence-corrected chi connectivity index (χ1v) is 7.59. The Kier molecular flexibility index (Phi) is 10.3. The molecule has 1 rings (SSSR count). The van der Waals surface area contributed by atoms with Crippen molar-refractivity contribution in [3.63, 3.8) is 0 Å². The lowest BCUT2D eigenvalue weighted by molar-refractivity contribution is -0.630. The fourth-order valence-corrected chi connectivity index (χ4v) is 1.77. The molecule has 8 nitrogen and oxygen atoms in total. The van der Waals surface area contributed by atoms with Gasteiger partial charge in [0.25, 0.3) is 0 Å². The third-order valence-electron chi connectivity index (χ3n) is 2.70. The second-order valence-corrected chi connectivity index (χ2v) is 5.04. The van der Waals surface area contributed by atoms with Crippen molar-refractivity contribution in [1.29, 1.82) is 0 Å². The zero-order valence-electron chi connectivity index (χ0n) is 11.1. The first-order chi connectivity index (χ1) is 8.88. The van der Waals surface area contributed by atoms with Crippen LogP contribution in [0.15, 0.2) is 0 Å². The summed E-state index contributed by atoms with van der Waals surface area (Å²) in [6.07, 6.45) is 5.68. The molecule has 0 spiro atoms. The number of rotatable bonds is 5. The standard InChI is InChI=1S/C10H20O4.H2O4S/c1-3-5-6-9(4-2)10-7-8-11-13-14-12-10;1-5(2,3)4/h9-10H,3-8H2,1-2H3;(H2,1,2,3,4). The van der Waals surface area contributed by atoms with E-state index in [1.807, 2.05) is 0 Å². The summed E-state index contributed by atoms with van der Waals surface area (Å²) in [4.78, 5) is 9.78. The molecule has 1 saturated heterocycles. The minimum absolute atomic E-state index is 0.106. The molecular formula is C10H22O8S. The SMILES string of the molecule is CCCCC(CC)C1CCOOOO1.O=S(=O)(O)O. The molecule has 2 unspecified atom stereocenters. The van der Waals surface area contributed by atoms with E-state index in [0.717, 1.165) is 12.8 Å². The largest absolute Gasteiger partial charge is 0.394 e. The van der Waals surface area contributed by atoms with Crippen molar-refractivity contribution in [2.24, 2.45) is 5.92 Å². The van der Waals surface area contributed by atoms with Crippen LogP contribution >= 0.6 is 0 Å². The van der Waals surface area contributed by atoms with Gasteiger partial charge < -0.3 is 0 Å². The molecule has 9 heteroatoms. The molecule has 116 valence electrons. The average Bonchev–Trinajstić information content (AvgIpc) is 2.57. The minimum atomic E-state index is -4.67. The fraction of sp³-hybridized carbons (Fsp3) is 1.00. The van der Waals surface area contributed by atoms with Crippen LogP contribution in [0.4, 0.5) is 0 Å². The zero-order valence-corrected chi connectivity index (χ0v) is 12.0. The van der Waals surface area contributed by atoms with Gasteiger partial charge in [0.2, 0.25) is 0 Å². The van der Waals surface area contributed by atoms with Gasteiger partial charge in [0.1, 0.15) is 6.10 Å². The van der Waals surface area contributed by atoms with Crippen LogP contribution in [0.1, 0.15) is 46.0 Å². The lowest BCUT2D eigenvalue weighted by Gasteiger charge is -2.21. The van der Waals surface area contributed by atoms with Gasteiger partial charge in [-0.05, 0) is 22.4 Å². The van der Waals surface area contributed by atoms with Gasteiger partial charge >= 0.3 is 10.4 Å². The normalized spacial score (nSPS) is 22.0. The van der Waals surface area contributed by atoms with E-state index in [9.17, 15) is 0 Å². The van der Waals surface area contributed by atoms with Gasteiger partial charge in [-0.15, -0.1) is 0 Å². The average molecular weight is 302 g/mol. The van der Waals surface area contributed by atoms with Crippen LogP contribution < -0.4 is 0 Å².